The largest absolute Gasteiger partial charge is 0.285 e. The number of imidazole rings is 1. The van der Waals surface area contributed by atoms with Crippen LogP contribution in [0, 0.1) is 5.82 Å². The Morgan fingerprint density at radius 3 is 2.93 bits per heavy atom. The fourth-order valence-electron chi connectivity index (χ4n) is 1.49. The smallest absolute Gasteiger partial charge is 0.174 e. The second kappa shape index (κ2) is 4.21. The molecular weight excluding hydrogens is 193 g/mol. The summed E-state index contributed by atoms with van der Waals surface area (Å²) in [5, 5.41) is 0. The van der Waals surface area contributed by atoms with Gasteiger partial charge < -0.3 is 0 Å². The van der Waals surface area contributed by atoms with E-state index in [9.17, 15) is 4.39 Å². The zero-order valence-corrected chi connectivity index (χ0v) is 8.52. The average Bonchev–Trinajstić information content (AvgIpc) is 2.67. The number of aryl methyl sites for hydroxylation is 1. The van der Waals surface area contributed by atoms with Crippen LogP contribution >= 0.6 is 0 Å². The Kier molecular flexibility index (Phi) is 2.76. The molecule has 3 nitrogen and oxygen atoms in total. The molecule has 0 aromatic carbocycles. The minimum atomic E-state index is -0.326. The molecule has 0 atom stereocenters. The lowest BCUT2D eigenvalue weighted by Gasteiger charge is -2.06. The van der Waals surface area contributed by atoms with Gasteiger partial charge in [-0.25, -0.2) is 14.4 Å². The highest BCUT2D eigenvalue weighted by Crippen LogP contribution is 2.12. The van der Waals surface area contributed by atoms with Gasteiger partial charge in [-0.3, -0.25) is 4.57 Å². The highest BCUT2D eigenvalue weighted by molar-refractivity contribution is 5.26. The van der Waals surface area contributed by atoms with Crippen LogP contribution in [0.3, 0.4) is 0 Å². The third-order valence-corrected chi connectivity index (χ3v) is 2.16. The summed E-state index contributed by atoms with van der Waals surface area (Å²) in [5.41, 5.74) is 0. The first-order valence-electron chi connectivity index (χ1n) is 4.96. The molecule has 0 spiro atoms. The standard InChI is InChI=1S/C11H12FN3/c1-2-4-10-13-7-8-15(10)11-9(12)5-3-6-14-11/h3,5-8H,2,4H2,1H3. The van der Waals surface area contributed by atoms with Gasteiger partial charge in [-0.05, 0) is 18.6 Å². The van der Waals surface area contributed by atoms with Crippen molar-refractivity contribution in [1.29, 1.82) is 0 Å². The lowest BCUT2D eigenvalue weighted by molar-refractivity contribution is 0.605. The zero-order chi connectivity index (χ0) is 10.7. The van der Waals surface area contributed by atoms with E-state index in [1.807, 2.05) is 0 Å². The van der Waals surface area contributed by atoms with Crippen LogP contribution in [-0.4, -0.2) is 14.5 Å². The highest BCUT2D eigenvalue weighted by atomic mass is 19.1. The third-order valence-electron chi connectivity index (χ3n) is 2.16. The predicted molar refractivity (Wildman–Crippen MR) is 55.3 cm³/mol. The second-order valence-corrected chi connectivity index (χ2v) is 3.27. The predicted octanol–water partition coefficient (Wildman–Crippen LogP) is 2.36. The molecule has 0 bridgehead atoms. The van der Waals surface area contributed by atoms with Crippen molar-refractivity contribution < 1.29 is 4.39 Å². The lowest BCUT2D eigenvalue weighted by Crippen LogP contribution is -2.04. The van der Waals surface area contributed by atoms with E-state index in [4.69, 9.17) is 0 Å². The molecule has 2 aromatic heterocycles. The van der Waals surface area contributed by atoms with Crippen LogP contribution in [0.1, 0.15) is 19.2 Å². The first kappa shape index (κ1) is 9.83. The van der Waals surface area contributed by atoms with Crippen LogP contribution in [-0.2, 0) is 6.42 Å². The Bertz CT molecular complexity index is 451. The average molecular weight is 205 g/mol. The molecule has 2 heterocycles. The Morgan fingerprint density at radius 1 is 1.33 bits per heavy atom. The molecule has 0 amide bonds. The molecule has 0 saturated carbocycles. The van der Waals surface area contributed by atoms with Gasteiger partial charge in [-0.15, -0.1) is 0 Å². The Morgan fingerprint density at radius 2 is 2.20 bits per heavy atom. The van der Waals surface area contributed by atoms with E-state index in [0.717, 1.165) is 18.7 Å². The van der Waals surface area contributed by atoms with E-state index < -0.39 is 0 Å². The van der Waals surface area contributed by atoms with E-state index in [1.54, 1.807) is 29.2 Å². The molecule has 2 rings (SSSR count). The van der Waals surface area contributed by atoms with Crippen molar-refractivity contribution in [1.82, 2.24) is 14.5 Å². The van der Waals surface area contributed by atoms with Gasteiger partial charge in [-0.2, -0.15) is 0 Å². The van der Waals surface area contributed by atoms with Crippen molar-refractivity contribution in [3.05, 3.63) is 42.4 Å². The number of hydrogen-bond donors (Lipinski definition) is 0. The maximum absolute atomic E-state index is 13.5. The van der Waals surface area contributed by atoms with Gasteiger partial charge in [0.15, 0.2) is 11.6 Å². The summed E-state index contributed by atoms with van der Waals surface area (Å²) < 4.78 is 15.2. The number of pyridine rings is 1. The molecule has 0 radical (unpaired) electrons. The topological polar surface area (TPSA) is 30.7 Å². The molecule has 78 valence electrons. The molecule has 15 heavy (non-hydrogen) atoms. The summed E-state index contributed by atoms with van der Waals surface area (Å²) in [6.07, 6.45) is 6.78. The van der Waals surface area contributed by atoms with Gasteiger partial charge in [0.1, 0.15) is 5.82 Å². The number of aromatic nitrogens is 3. The van der Waals surface area contributed by atoms with E-state index in [1.165, 1.54) is 6.07 Å². The minimum Gasteiger partial charge on any atom is -0.285 e. The molecule has 2 aromatic rings. The fourth-order valence-corrected chi connectivity index (χ4v) is 1.49. The molecule has 0 saturated heterocycles. The summed E-state index contributed by atoms with van der Waals surface area (Å²) in [7, 11) is 0. The minimum absolute atomic E-state index is 0.318. The maximum atomic E-state index is 13.5. The normalized spacial score (nSPS) is 10.5. The molecule has 0 N–H and O–H groups in total. The van der Waals surface area contributed by atoms with Gasteiger partial charge in [0, 0.05) is 25.0 Å². The molecule has 0 aliphatic heterocycles. The van der Waals surface area contributed by atoms with Crippen LogP contribution in [0.15, 0.2) is 30.7 Å². The van der Waals surface area contributed by atoms with Crippen LogP contribution in [0.4, 0.5) is 4.39 Å². The summed E-state index contributed by atoms with van der Waals surface area (Å²) in [5.74, 6) is 0.835. The molecule has 0 unspecified atom stereocenters. The first-order valence-corrected chi connectivity index (χ1v) is 4.96. The van der Waals surface area contributed by atoms with Crippen molar-refractivity contribution in [3.63, 3.8) is 0 Å². The van der Waals surface area contributed by atoms with Gasteiger partial charge in [-0.1, -0.05) is 6.92 Å². The van der Waals surface area contributed by atoms with Crippen molar-refractivity contribution in [2.24, 2.45) is 0 Å². The second-order valence-electron chi connectivity index (χ2n) is 3.27. The van der Waals surface area contributed by atoms with Gasteiger partial charge in [0.05, 0.1) is 0 Å². The Labute approximate surface area is 87.6 Å². The van der Waals surface area contributed by atoms with E-state index in [-0.39, 0.29) is 5.82 Å². The van der Waals surface area contributed by atoms with Crippen LogP contribution in [0.2, 0.25) is 0 Å². The molecule has 0 aliphatic carbocycles. The van der Waals surface area contributed by atoms with E-state index in [2.05, 4.69) is 16.9 Å². The van der Waals surface area contributed by atoms with Gasteiger partial charge in [0.2, 0.25) is 0 Å². The number of nitrogens with zero attached hydrogens (tertiary/aromatic N) is 3. The molecule has 4 heteroatoms. The zero-order valence-electron chi connectivity index (χ0n) is 8.52. The summed E-state index contributed by atoms with van der Waals surface area (Å²) in [4.78, 5) is 8.19. The highest BCUT2D eigenvalue weighted by Gasteiger charge is 2.08. The van der Waals surface area contributed by atoms with Gasteiger partial charge >= 0.3 is 0 Å². The fraction of sp³-hybridized carbons (Fsp3) is 0.273. The summed E-state index contributed by atoms with van der Waals surface area (Å²) in [6.45, 7) is 2.06. The van der Waals surface area contributed by atoms with Crippen LogP contribution in [0.5, 0.6) is 0 Å². The van der Waals surface area contributed by atoms with Crippen molar-refractivity contribution in [2.45, 2.75) is 19.8 Å². The van der Waals surface area contributed by atoms with Crippen molar-refractivity contribution in [2.75, 3.05) is 0 Å². The Hall–Kier alpha value is -1.71. The molecule has 0 fully saturated rings. The summed E-state index contributed by atoms with van der Waals surface area (Å²) >= 11 is 0. The number of rotatable bonds is 3. The quantitative estimate of drug-likeness (QED) is 0.770. The summed E-state index contributed by atoms with van der Waals surface area (Å²) in [6, 6.07) is 2.98. The van der Waals surface area contributed by atoms with Crippen molar-refractivity contribution in [3.8, 4) is 5.82 Å². The van der Waals surface area contributed by atoms with Crippen LogP contribution < -0.4 is 0 Å². The van der Waals surface area contributed by atoms with E-state index in [0.29, 0.717) is 5.82 Å². The van der Waals surface area contributed by atoms with E-state index >= 15 is 0 Å². The third kappa shape index (κ3) is 1.88. The SMILES string of the molecule is CCCc1nccn1-c1ncccc1F. The van der Waals surface area contributed by atoms with Crippen molar-refractivity contribution >= 4 is 0 Å². The van der Waals surface area contributed by atoms with Gasteiger partial charge in [0.25, 0.3) is 0 Å². The molecule has 0 aliphatic rings. The monoisotopic (exact) mass is 205 g/mol. The number of hydrogen-bond acceptors (Lipinski definition) is 2. The first-order chi connectivity index (χ1) is 7.33. The lowest BCUT2D eigenvalue weighted by atomic mass is 10.3. The van der Waals surface area contributed by atoms with Crippen LogP contribution in [0.25, 0.3) is 5.82 Å². The Balaban J connectivity index is 2.45. The number of halogens is 1. The molecular formula is C11H12FN3. The maximum Gasteiger partial charge on any atom is 0.174 e.